The molecule has 1 aromatic rings. The maximum atomic E-state index is 12.0. The van der Waals surface area contributed by atoms with E-state index in [0.717, 1.165) is 0 Å². The Bertz CT molecular complexity index is 299. The van der Waals surface area contributed by atoms with Gasteiger partial charge in [0.15, 0.2) is 0 Å². The fourth-order valence-electron chi connectivity index (χ4n) is 1.00. The summed E-state index contributed by atoms with van der Waals surface area (Å²) in [5.41, 5.74) is 5.38. The molecule has 0 bridgehead atoms. The third kappa shape index (κ3) is 4.40. The molecule has 3 N–H and O–H groups in total. The zero-order chi connectivity index (χ0) is 10.8. The van der Waals surface area contributed by atoms with E-state index in [1.54, 1.807) is 0 Å². The van der Waals surface area contributed by atoms with Gasteiger partial charge in [-0.1, -0.05) is 12.1 Å². The van der Waals surface area contributed by atoms with Crippen LogP contribution < -0.4 is 5.73 Å². The normalized spacial score (nSPS) is 13.1. The zero-order valence-electron chi connectivity index (χ0n) is 7.66. The summed E-state index contributed by atoms with van der Waals surface area (Å²) in [6, 6.07) is 3.64. The highest BCUT2D eigenvalue weighted by Crippen LogP contribution is 2.22. The molecule has 1 unspecified atom stereocenters. The Morgan fingerprint density at radius 1 is 1.20 bits per heavy atom. The van der Waals surface area contributed by atoms with Crippen LogP contribution in [0.5, 0.6) is 5.75 Å². The second-order valence-electron chi connectivity index (χ2n) is 3.02. The van der Waals surface area contributed by atoms with Gasteiger partial charge in [-0.15, -0.1) is 12.4 Å². The summed E-state index contributed by atoms with van der Waals surface area (Å²) in [7, 11) is 0. The number of halogens is 4. The minimum atomic E-state index is -4.38. The van der Waals surface area contributed by atoms with E-state index >= 15 is 0 Å². The fourth-order valence-corrected chi connectivity index (χ4v) is 1.00. The quantitative estimate of drug-likeness (QED) is 0.834. The molecule has 0 saturated heterocycles. The Hall–Kier alpha value is -0.940. The van der Waals surface area contributed by atoms with Crippen LogP contribution in [0.25, 0.3) is 0 Å². The minimum Gasteiger partial charge on any atom is -0.508 e. The summed E-state index contributed by atoms with van der Waals surface area (Å²) >= 11 is 0. The fraction of sp³-hybridized carbons (Fsp3) is 0.333. The number of benzene rings is 1. The van der Waals surface area contributed by atoms with Crippen LogP contribution in [0.15, 0.2) is 24.3 Å². The Balaban J connectivity index is 0.00000196. The van der Waals surface area contributed by atoms with Gasteiger partial charge in [-0.3, -0.25) is 0 Å². The van der Waals surface area contributed by atoms with Gasteiger partial charge in [0, 0.05) is 0 Å². The lowest BCUT2D eigenvalue weighted by molar-refractivity contribution is -0.147. The number of hydrogen-bond donors (Lipinski definition) is 2. The van der Waals surface area contributed by atoms with Crippen LogP contribution in [0.2, 0.25) is 0 Å². The van der Waals surface area contributed by atoms with Crippen LogP contribution in [0.1, 0.15) is 5.56 Å². The number of nitrogens with two attached hydrogens (primary N) is 1. The molecule has 1 atom stereocenters. The summed E-state index contributed by atoms with van der Waals surface area (Å²) in [5.74, 6) is 0.0225. The molecule has 0 amide bonds. The van der Waals surface area contributed by atoms with Crippen molar-refractivity contribution in [3.8, 4) is 5.75 Å². The van der Waals surface area contributed by atoms with Crippen molar-refractivity contribution in [2.75, 3.05) is 0 Å². The molecule has 0 heterocycles. The molecular weight excluding hydrogens is 231 g/mol. The zero-order valence-corrected chi connectivity index (χ0v) is 8.48. The van der Waals surface area contributed by atoms with E-state index in [1.807, 2.05) is 0 Å². The highest BCUT2D eigenvalue weighted by molar-refractivity contribution is 5.85. The summed E-state index contributed by atoms with van der Waals surface area (Å²) in [4.78, 5) is 0. The van der Waals surface area contributed by atoms with Crippen molar-refractivity contribution in [1.29, 1.82) is 0 Å². The van der Waals surface area contributed by atoms with Gasteiger partial charge in [0.2, 0.25) is 0 Å². The van der Waals surface area contributed by atoms with Gasteiger partial charge in [0.25, 0.3) is 0 Å². The van der Waals surface area contributed by atoms with E-state index in [1.165, 1.54) is 24.3 Å². The van der Waals surface area contributed by atoms with Gasteiger partial charge < -0.3 is 10.8 Å². The Morgan fingerprint density at radius 2 is 1.67 bits per heavy atom. The average molecular weight is 242 g/mol. The number of alkyl halides is 3. The smallest absolute Gasteiger partial charge is 0.403 e. The van der Waals surface area contributed by atoms with Gasteiger partial charge in [-0.25, -0.2) is 0 Å². The van der Waals surface area contributed by atoms with Crippen LogP contribution in [0, 0.1) is 0 Å². The summed E-state index contributed by atoms with van der Waals surface area (Å²) in [5, 5.41) is 8.90. The van der Waals surface area contributed by atoms with Crippen molar-refractivity contribution in [2.45, 2.75) is 18.6 Å². The first kappa shape index (κ1) is 14.1. The minimum absolute atomic E-state index is 0. The second kappa shape index (κ2) is 5.23. The van der Waals surface area contributed by atoms with Crippen molar-refractivity contribution in [1.82, 2.24) is 0 Å². The first-order valence-electron chi connectivity index (χ1n) is 4.00. The van der Waals surface area contributed by atoms with Crippen molar-refractivity contribution in [2.24, 2.45) is 5.73 Å². The molecule has 15 heavy (non-hydrogen) atoms. The van der Waals surface area contributed by atoms with Gasteiger partial charge in [-0.05, 0) is 24.1 Å². The maximum Gasteiger partial charge on any atom is 0.403 e. The Labute approximate surface area is 91.3 Å². The van der Waals surface area contributed by atoms with Crippen LogP contribution in [0.4, 0.5) is 13.2 Å². The highest BCUT2D eigenvalue weighted by atomic mass is 35.5. The molecule has 1 rings (SSSR count). The molecule has 0 fully saturated rings. The lowest BCUT2D eigenvalue weighted by Gasteiger charge is -2.15. The largest absolute Gasteiger partial charge is 0.508 e. The predicted octanol–water partition coefficient (Wildman–Crippen LogP) is 2.25. The number of rotatable bonds is 2. The molecule has 0 saturated carbocycles. The number of phenols is 1. The first-order chi connectivity index (χ1) is 6.39. The molecule has 86 valence electrons. The van der Waals surface area contributed by atoms with Crippen LogP contribution in [-0.4, -0.2) is 17.3 Å². The highest BCUT2D eigenvalue weighted by Gasteiger charge is 2.36. The lowest BCUT2D eigenvalue weighted by atomic mass is 10.1. The molecule has 0 aliphatic rings. The molecular formula is C9H11ClF3NO. The standard InChI is InChI=1S/C9H10F3NO.ClH/c10-9(11,12)8(13)5-6-1-3-7(14)4-2-6;/h1-4,8,14H,5,13H2;1H. The molecule has 0 aliphatic carbocycles. The molecule has 6 heteroatoms. The average Bonchev–Trinajstić information content (AvgIpc) is 2.07. The van der Waals surface area contributed by atoms with Gasteiger partial charge in [0.1, 0.15) is 11.8 Å². The molecule has 0 spiro atoms. The molecule has 2 nitrogen and oxygen atoms in total. The van der Waals surface area contributed by atoms with Crippen LogP contribution >= 0.6 is 12.4 Å². The molecule has 0 radical (unpaired) electrons. The topological polar surface area (TPSA) is 46.2 Å². The Morgan fingerprint density at radius 3 is 2.07 bits per heavy atom. The molecule has 1 aromatic carbocycles. The lowest BCUT2D eigenvalue weighted by Crippen LogP contribution is -2.39. The second-order valence-corrected chi connectivity index (χ2v) is 3.02. The first-order valence-corrected chi connectivity index (χ1v) is 4.00. The number of hydrogen-bond acceptors (Lipinski definition) is 2. The van der Waals surface area contributed by atoms with Crippen molar-refractivity contribution in [3.63, 3.8) is 0 Å². The SMILES string of the molecule is Cl.NC(Cc1ccc(O)cc1)C(F)(F)F. The summed E-state index contributed by atoms with van der Waals surface area (Å²) in [6.45, 7) is 0. The van der Waals surface area contributed by atoms with E-state index in [0.29, 0.717) is 5.56 Å². The van der Waals surface area contributed by atoms with Gasteiger partial charge in [-0.2, -0.15) is 13.2 Å². The summed E-state index contributed by atoms with van der Waals surface area (Å²) in [6.07, 6.45) is -4.65. The third-order valence-electron chi connectivity index (χ3n) is 1.81. The Kier molecular flexibility index (Phi) is 4.90. The monoisotopic (exact) mass is 241 g/mol. The van der Waals surface area contributed by atoms with Crippen molar-refractivity contribution < 1.29 is 18.3 Å². The van der Waals surface area contributed by atoms with Crippen molar-refractivity contribution in [3.05, 3.63) is 29.8 Å². The van der Waals surface area contributed by atoms with Crippen LogP contribution in [0.3, 0.4) is 0 Å². The predicted molar refractivity (Wildman–Crippen MR) is 53.1 cm³/mol. The summed E-state index contributed by atoms with van der Waals surface area (Å²) < 4.78 is 36.1. The van der Waals surface area contributed by atoms with E-state index in [4.69, 9.17) is 10.8 Å². The van der Waals surface area contributed by atoms with E-state index < -0.39 is 12.2 Å². The number of aromatic hydroxyl groups is 1. The van der Waals surface area contributed by atoms with E-state index in [2.05, 4.69) is 0 Å². The van der Waals surface area contributed by atoms with Crippen LogP contribution in [-0.2, 0) is 6.42 Å². The van der Waals surface area contributed by atoms with E-state index in [9.17, 15) is 13.2 Å². The number of phenolic OH excluding ortho intramolecular Hbond substituents is 1. The van der Waals surface area contributed by atoms with Gasteiger partial charge >= 0.3 is 6.18 Å². The molecule has 0 aliphatic heterocycles. The third-order valence-corrected chi connectivity index (χ3v) is 1.81. The van der Waals surface area contributed by atoms with Gasteiger partial charge in [0.05, 0.1) is 0 Å². The maximum absolute atomic E-state index is 12.0. The van der Waals surface area contributed by atoms with Crippen molar-refractivity contribution >= 4 is 12.4 Å². The van der Waals surface area contributed by atoms with E-state index in [-0.39, 0.29) is 24.6 Å². The molecule has 0 aromatic heterocycles.